The number of nitrogens with zero attached hydrogens (tertiary/aromatic N) is 1. The Morgan fingerprint density at radius 3 is 2.68 bits per heavy atom. The number of rotatable bonds is 5. The Kier molecular flexibility index (Phi) is 5.97. The molecule has 0 bridgehead atoms. The van der Waals surface area contributed by atoms with E-state index in [1.165, 1.54) is 0 Å². The standard InChI is InChI=1S/C22H20N2O3.ClH/c1-2-14-8-9-18-17(10-14)21(27-16-11-20(22(25)26)23-13-16)12-19(24-18)15-6-4-3-5-7-15;/h2-10,12,16,20,23H,1,11,13H2,(H,25,26);1H/t16-,20+;/m1./s1. The predicted molar refractivity (Wildman–Crippen MR) is 113 cm³/mol. The van der Waals surface area contributed by atoms with Crippen LogP contribution in [0, 0.1) is 0 Å². The smallest absolute Gasteiger partial charge is 0.320 e. The van der Waals surface area contributed by atoms with Gasteiger partial charge >= 0.3 is 5.97 Å². The highest BCUT2D eigenvalue weighted by Gasteiger charge is 2.30. The van der Waals surface area contributed by atoms with Crippen LogP contribution < -0.4 is 10.1 Å². The third-order valence-electron chi connectivity index (χ3n) is 4.78. The molecule has 1 aliphatic rings. The maximum absolute atomic E-state index is 11.2. The average Bonchev–Trinajstić information content (AvgIpc) is 3.17. The van der Waals surface area contributed by atoms with Gasteiger partial charge in [-0.1, -0.05) is 49.1 Å². The van der Waals surface area contributed by atoms with E-state index < -0.39 is 12.0 Å². The van der Waals surface area contributed by atoms with Crippen LogP contribution in [0.15, 0.2) is 61.2 Å². The third kappa shape index (κ3) is 4.01. The van der Waals surface area contributed by atoms with Gasteiger partial charge in [0.05, 0.1) is 11.2 Å². The zero-order chi connectivity index (χ0) is 18.8. The number of carbonyl (C=O) groups is 1. The second-order valence-electron chi connectivity index (χ2n) is 6.63. The van der Waals surface area contributed by atoms with Crippen LogP contribution in [0.25, 0.3) is 28.2 Å². The lowest BCUT2D eigenvalue weighted by atomic mass is 10.1. The molecule has 3 aromatic rings. The Hall–Kier alpha value is -2.89. The van der Waals surface area contributed by atoms with Crippen molar-refractivity contribution < 1.29 is 14.6 Å². The molecule has 0 radical (unpaired) electrons. The summed E-state index contributed by atoms with van der Waals surface area (Å²) in [5, 5.41) is 13.1. The molecule has 4 rings (SSSR count). The van der Waals surface area contributed by atoms with Crippen LogP contribution in [-0.4, -0.2) is 34.8 Å². The van der Waals surface area contributed by atoms with Crippen LogP contribution in [0.5, 0.6) is 5.75 Å². The number of nitrogens with one attached hydrogen (secondary N) is 1. The molecule has 0 unspecified atom stereocenters. The minimum absolute atomic E-state index is 0. The van der Waals surface area contributed by atoms with Gasteiger partial charge in [0.1, 0.15) is 17.9 Å². The number of aliphatic carboxylic acids is 1. The predicted octanol–water partition coefficient (Wildman–Crippen LogP) is 4.16. The summed E-state index contributed by atoms with van der Waals surface area (Å²) in [6.07, 6.45) is 2.01. The Labute approximate surface area is 169 Å². The Bertz CT molecular complexity index is 1010. The van der Waals surface area contributed by atoms with Crippen LogP contribution in [0.3, 0.4) is 0 Å². The number of aromatic nitrogens is 1. The number of ether oxygens (including phenoxy) is 1. The summed E-state index contributed by atoms with van der Waals surface area (Å²) in [6, 6.07) is 17.2. The number of fused-ring (bicyclic) bond motifs is 1. The van der Waals surface area contributed by atoms with Crippen molar-refractivity contribution in [1.29, 1.82) is 0 Å². The molecular weight excluding hydrogens is 376 g/mol. The third-order valence-corrected chi connectivity index (χ3v) is 4.78. The fraction of sp³-hybridized carbons (Fsp3) is 0.182. The monoisotopic (exact) mass is 396 g/mol. The first-order chi connectivity index (χ1) is 13.1. The Morgan fingerprint density at radius 2 is 2.00 bits per heavy atom. The van der Waals surface area contributed by atoms with Crippen LogP contribution >= 0.6 is 12.4 Å². The van der Waals surface area contributed by atoms with Crippen molar-refractivity contribution in [2.45, 2.75) is 18.6 Å². The molecule has 6 heteroatoms. The molecule has 1 fully saturated rings. The number of pyridine rings is 1. The lowest BCUT2D eigenvalue weighted by Crippen LogP contribution is -2.30. The normalized spacial score (nSPS) is 18.4. The quantitative estimate of drug-likeness (QED) is 0.677. The van der Waals surface area contributed by atoms with Crippen molar-refractivity contribution >= 4 is 35.4 Å². The first-order valence-corrected chi connectivity index (χ1v) is 8.89. The SMILES string of the molecule is C=Cc1ccc2nc(-c3ccccc3)cc(O[C@H]3CN[C@H](C(=O)O)C3)c2c1.Cl. The zero-order valence-corrected chi connectivity index (χ0v) is 16.0. The van der Waals surface area contributed by atoms with Gasteiger partial charge in [0, 0.05) is 30.0 Å². The minimum atomic E-state index is -0.848. The molecule has 2 heterocycles. The molecule has 5 nitrogen and oxygen atoms in total. The molecule has 0 aliphatic carbocycles. The number of halogens is 1. The summed E-state index contributed by atoms with van der Waals surface area (Å²) in [7, 11) is 0. The Balaban J connectivity index is 0.00000225. The highest BCUT2D eigenvalue weighted by molar-refractivity contribution is 5.89. The van der Waals surface area contributed by atoms with Gasteiger partial charge in [0.25, 0.3) is 0 Å². The summed E-state index contributed by atoms with van der Waals surface area (Å²) < 4.78 is 6.23. The van der Waals surface area contributed by atoms with Gasteiger partial charge in [-0.25, -0.2) is 4.98 Å². The molecule has 2 N–H and O–H groups in total. The highest BCUT2D eigenvalue weighted by atomic mass is 35.5. The molecule has 2 aromatic carbocycles. The van der Waals surface area contributed by atoms with Crippen LogP contribution in [0.1, 0.15) is 12.0 Å². The lowest BCUT2D eigenvalue weighted by molar-refractivity contribution is -0.139. The lowest BCUT2D eigenvalue weighted by Gasteiger charge is -2.16. The zero-order valence-electron chi connectivity index (χ0n) is 15.2. The number of carboxylic acids is 1. The minimum Gasteiger partial charge on any atom is -0.488 e. The molecular formula is C22H21ClN2O3. The van der Waals surface area contributed by atoms with Crippen molar-refractivity contribution in [3.05, 3.63) is 66.7 Å². The molecule has 1 saturated heterocycles. The second kappa shape index (κ2) is 8.42. The van der Waals surface area contributed by atoms with Gasteiger partial charge in [-0.2, -0.15) is 0 Å². The van der Waals surface area contributed by atoms with E-state index in [1.807, 2.05) is 54.6 Å². The van der Waals surface area contributed by atoms with Gasteiger partial charge in [-0.3, -0.25) is 4.79 Å². The number of benzene rings is 2. The van der Waals surface area contributed by atoms with Gasteiger partial charge in [0.2, 0.25) is 0 Å². The van der Waals surface area contributed by atoms with Crippen molar-refractivity contribution in [2.24, 2.45) is 0 Å². The first-order valence-electron chi connectivity index (χ1n) is 8.89. The van der Waals surface area contributed by atoms with Gasteiger partial charge < -0.3 is 15.2 Å². The molecule has 144 valence electrons. The highest BCUT2D eigenvalue weighted by Crippen LogP contribution is 2.32. The molecule has 1 aromatic heterocycles. The summed E-state index contributed by atoms with van der Waals surface area (Å²) in [5.74, 6) is -0.139. The number of hydrogen-bond acceptors (Lipinski definition) is 4. The van der Waals surface area contributed by atoms with Crippen molar-refractivity contribution in [3.8, 4) is 17.0 Å². The molecule has 28 heavy (non-hydrogen) atoms. The van der Waals surface area contributed by atoms with Gasteiger partial charge in [-0.05, 0) is 17.7 Å². The Morgan fingerprint density at radius 1 is 1.21 bits per heavy atom. The topological polar surface area (TPSA) is 71.5 Å². The van der Waals surface area contributed by atoms with E-state index in [-0.39, 0.29) is 18.5 Å². The average molecular weight is 397 g/mol. The van der Waals surface area contributed by atoms with E-state index in [2.05, 4.69) is 11.9 Å². The molecule has 1 aliphatic heterocycles. The van der Waals surface area contributed by atoms with E-state index >= 15 is 0 Å². The fourth-order valence-corrected chi connectivity index (χ4v) is 3.35. The van der Waals surface area contributed by atoms with Crippen molar-refractivity contribution in [1.82, 2.24) is 10.3 Å². The van der Waals surface area contributed by atoms with E-state index in [1.54, 1.807) is 6.08 Å². The van der Waals surface area contributed by atoms with E-state index in [4.69, 9.17) is 9.72 Å². The summed E-state index contributed by atoms with van der Waals surface area (Å²) in [6.45, 7) is 4.33. The molecule has 0 saturated carbocycles. The summed E-state index contributed by atoms with van der Waals surface area (Å²) in [5.41, 5.74) is 3.64. The first kappa shape index (κ1) is 19.9. The number of hydrogen-bond donors (Lipinski definition) is 2. The van der Waals surface area contributed by atoms with E-state index in [0.29, 0.717) is 18.7 Å². The van der Waals surface area contributed by atoms with Crippen LogP contribution in [0.2, 0.25) is 0 Å². The van der Waals surface area contributed by atoms with Crippen LogP contribution in [-0.2, 0) is 4.79 Å². The fourth-order valence-electron chi connectivity index (χ4n) is 3.35. The summed E-state index contributed by atoms with van der Waals surface area (Å²) in [4.78, 5) is 16.0. The van der Waals surface area contributed by atoms with Gasteiger partial charge in [-0.15, -0.1) is 12.4 Å². The number of carboxylic acid groups (broad SMARTS) is 1. The molecule has 0 spiro atoms. The maximum Gasteiger partial charge on any atom is 0.320 e. The summed E-state index contributed by atoms with van der Waals surface area (Å²) >= 11 is 0. The van der Waals surface area contributed by atoms with Crippen molar-refractivity contribution in [2.75, 3.05) is 6.54 Å². The van der Waals surface area contributed by atoms with E-state index in [9.17, 15) is 9.90 Å². The molecule has 2 atom stereocenters. The van der Waals surface area contributed by atoms with E-state index in [0.717, 1.165) is 27.7 Å². The molecule has 0 amide bonds. The van der Waals surface area contributed by atoms with Crippen molar-refractivity contribution in [3.63, 3.8) is 0 Å². The maximum atomic E-state index is 11.2. The second-order valence-corrected chi connectivity index (χ2v) is 6.63. The largest absolute Gasteiger partial charge is 0.488 e. The van der Waals surface area contributed by atoms with Crippen LogP contribution in [0.4, 0.5) is 0 Å². The van der Waals surface area contributed by atoms with Gasteiger partial charge in [0.15, 0.2) is 0 Å².